The fraction of sp³-hybridized carbons (Fsp3) is 0.947. The van der Waals surface area contributed by atoms with Gasteiger partial charge in [-0.25, -0.2) is 0 Å². The minimum absolute atomic E-state index is 0.0632. The number of ether oxygens (including phenoxy) is 3. The van der Waals surface area contributed by atoms with Crippen LogP contribution in [0.1, 0.15) is 317 Å². The van der Waals surface area contributed by atoms with E-state index < -0.39 is 6.10 Å². The molecule has 0 saturated carbocycles. The summed E-state index contributed by atoms with van der Waals surface area (Å²) < 4.78 is 16.8. The Labute approximate surface area is 393 Å². The molecular formula is C57H110O6. The Morgan fingerprint density at radius 1 is 0.302 bits per heavy atom. The molecule has 0 spiro atoms. The van der Waals surface area contributed by atoms with Crippen LogP contribution in [-0.2, 0) is 28.6 Å². The summed E-state index contributed by atoms with van der Waals surface area (Å²) in [5.41, 5.74) is 0. The summed E-state index contributed by atoms with van der Waals surface area (Å²) in [5.74, 6) is 0.854. The number of hydrogen-bond acceptors (Lipinski definition) is 6. The van der Waals surface area contributed by atoms with Crippen molar-refractivity contribution in [1.29, 1.82) is 0 Å². The van der Waals surface area contributed by atoms with Crippen LogP contribution >= 0.6 is 0 Å². The van der Waals surface area contributed by atoms with Crippen LogP contribution in [0.4, 0.5) is 0 Å². The normalized spacial score (nSPS) is 12.0. The van der Waals surface area contributed by atoms with Gasteiger partial charge in [0.2, 0.25) is 0 Å². The lowest BCUT2D eigenvalue weighted by atomic mass is 10.0. The number of unbranched alkanes of at least 4 members (excludes halogenated alkanes) is 36. The molecule has 0 amide bonds. The summed E-state index contributed by atoms with van der Waals surface area (Å²) in [5, 5.41) is 0. The molecule has 0 N–H and O–H groups in total. The van der Waals surface area contributed by atoms with Gasteiger partial charge in [-0.1, -0.05) is 279 Å². The van der Waals surface area contributed by atoms with E-state index in [2.05, 4.69) is 34.6 Å². The predicted octanol–water partition coefficient (Wildman–Crippen LogP) is 18.5. The zero-order chi connectivity index (χ0) is 46.1. The fourth-order valence-corrected chi connectivity index (χ4v) is 8.70. The molecule has 0 unspecified atom stereocenters. The smallest absolute Gasteiger partial charge is 0.306 e. The van der Waals surface area contributed by atoms with Crippen molar-refractivity contribution in [3.05, 3.63) is 0 Å². The Hall–Kier alpha value is -1.59. The zero-order valence-electron chi connectivity index (χ0n) is 43.2. The standard InChI is InChI=1S/C57H110O6/c1-6-7-8-9-30-37-42-47-55(58)61-50-54(63-57(60)49-44-39-34-29-25-21-17-16-19-23-27-32-36-41-46-53(4)5)51-62-56(59)48-43-38-33-28-24-20-15-13-11-10-12-14-18-22-26-31-35-40-45-52(2)3/h52-54H,6-51H2,1-5H3/t54-/m0/s1. The third-order valence-corrected chi connectivity index (χ3v) is 13.0. The van der Waals surface area contributed by atoms with Gasteiger partial charge in [-0.15, -0.1) is 0 Å². The van der Waals surface area contributed by atoms with Crippen molar-refractivity contribution in [2.45, 2.75) is 323 Å². The maximum atomic E-state index is 12.8. The third-order valence-electron chi connectivity index (χ3n) is 13.0. The molecule has 0 aromatic heterocycles. The van der Waals surface area contributed by atoms with Gasteiger partial charge in [0.25, 0.3) is 0 Å². The lowest BCUT2D eigenvalue weighted by Crippen LogP contribution is -2.30. The quantitative estimate of drug-likeness (QED) is 0.0344. The molecule has 0 rings (SSSR count). The van der Waals surface area contributed by atoms with Crippen LogP contribution in [0.3, 0.4) is 0 Å². The molecule has 0 aliphatic rings. The average Bonchev–Trinajstić information content (AvgIpc) is 3.25. The molecule has 6 nitrogen and oxygen atoms in total. The van der Waals surface area contributed by atoms with Gasteiger partial charge >= 0.3 is 17.9 Å². The Morgan fingerprint density at radius 3 is 0.778 bits per heavy atom. The summed E-state index contributed by atoms with van der Waals surface area (Å²) in [6.45, 7) is 11.4. The van der Waals surface area contributed by atoms with Gasteiger partial charge in [0.1, 0.15) is 13.2 Å². The first-order valence-corrected chi connectivity index (χ1v) is 28.2. The van der Waals surface area contributed by atoms with Gasteiger partial charge < -0.3 is 14.2 Å². The van der Waals surface area contributed by atoms with Crippen LogP contribution in [0.5, 0.6) is 0 Å². The first kappa shape index (κ1) is 61.4. The Bertz CT molecular complexity index is 962. The number of hydrogen-bond donors (Lipinski definition) is 0. The van der Waals surface area contributed by atoms with Gasteiger partial charge in [-0.3, -0.25) is 14.4 Å². The van der Waals surface area contributed by atoms with Gasteiger partial charge in [-0.2, -0.15) is 0 Å². The molecule has 0 radical (unpaired) electrons. The molecule has 0 heterocycles. The Morgan fingerprint density at radius 2 is 0.524 bits per heavy atom. The highest BCUT2D eigenvalue weighted by Crippen LogP contribution is 2.18. The molecule has 63 heavy (non-hydrogen) atoms. The molecule has 0 aromatic carbocycles. The summed E-state index contributed by atoms with van der Waals surface area (Å²) in [7, 11) is 0. The molecular weight excluding hydrogens is 781 g/mol. The van der Waals surface area contributed by atoms with Crippen molar-refractivity contribution in [1.82, 2.24) is 0 Å². The van der Waals surface area contributed by atoms with Crippen molar-refractivity contribution in [3.8, 4) is 0 Å². The molecule has 0 aliphatic carbocycles. The monoisotopic (exact) mass is 891 g/mol. The summed E-state index contributed by atoms with van der Waals surface area (Å²) in [4.78, 5) is 37.9. The molecule has 0 fully saturated rings. The van der Waals surface area contributed by atoms with Crippen LogP contribution in [0.15, 0.2) is 0 Å². The van der Waals surface area contributed by atoms with Gasteiger partial charge in [0.05, 0.1) is 0 Å². The second kappa shape index (κ2) is 49.8. The van der Waals surface area contributed by atoms with E-state index in [9.17, 15) is 14.4 Å². The second-order valence-electron chi connectivity index (χ2n) is 20.5. The Kier molecular flexibility index (Phi) is 48.6. The second-order valence-corrected chi connectivity index (χ2v) is 20.5. The van der Waals surface area contributed by atoms with Gasteiger partial charge in [0.15, 0.2) is 6.10 Å². The number of esters is 3. The number of rotatable bonds is 51. The lowest BCUT2D eigenvalue weighted by Gasteiger charge is -2.18. The average molecular weight is 892 g/mol. The third kappa shape index (κ3) is 51.3. The van der Waals surface area contributed by atoms with Crippen molar-refractivity contribution in [2.75, 3.05) is 13.2 Å². The van der Waals surface area contributed by atoms with E-state index >= 15 is 0 Å². The first-order valence-electron chi connectivity index (χ1n) is 28.2. The van der Waals surface area contributed by atoms with E-state index in [1.165, 1.54) is 205 Å². The van der Waals surface area contributed by atoms with E-state index in [4.69, 9.17) is 14.2 Å². The van der Waals surface area contributed by atoms with Crippen molar-refractivity contribution in [3.63, 3.8) is 0 Å². The van der Waals surface area contributed by atoms with E-state index in [1.54, 1.807) is 0 Å². The minimum Gasteiger partial charge on any atom is -0.462 e. The highest BCUT2D eigenvalue weighted by atomic mass is 16.6. The van der Waals surface area contributed by atoms with Crippen LogP contribution in [0.2, 0.25) is 0 Å². The fourth-order valence-electron chi connectivity index (χ4n) is 8.70. The topological polar surface area (TPSA) is 78.9 Å². The van der Waals surface area contributed by atoms with Crippen molar-refractivity contribution in [2.24, 2.45) is 11.8 Å². The van der Waals surface area contributed by atoms with E-state index in [0.717, 1.165) is 69.6 Å². The number of carbonyl (C=O) groups excluding carboxylic acids is 3. The maximum absolute atomic E-state index is 12.8. The maximum Gasteiger partial charge on any atom is 0.306 e. The molecule has 6 heteroatoms. The van der Waals surface area contributed by atoms with Gasteiger partial charge in [0, 0.05) is 19.3 Å². The lowest BCUT2D eigenvalue weighted by molar-refractivity contribution is -0.167. The molecule has 1 atom stereocenters. The van der Waals surface area contributed by atoms with Crippen molar-refractivity contribution < 1.29 is 28.6 Å². The SMILES string of the molecule is CCCCCCCCCC(=O)OC[C@@H](COC(=O)CCCCCCCCCCCCCCCCCCCCC(C)C)OC(=O)CCCCCCCCCCCCCCCCC(C)C. The van der Waals surface area contributed by atoms with Crippen LogP contribution in [0.25, 0.3) is 0 Å². The molecule has 0 aromatic rings. The molecule has 0 saturated heterocycles. The summed E-state index contributed by atoms with van der Waals surface area (Å²) >= 11 is 0. The highest BCUT2D eigenvalue weighted by Gasteiger charge is 2.19. The highest BCUT2D eigenvalue weighted by molar-refractivity contribution is 5.71. The van der Waals surface area contributed by atoms with Crippen LogP contribution in [-0.4, -0.2) is 37.2 Å². The van der Waals surface area contributed by atoms with Crippen LogP contribution in [0, 0.1) is 11.8 Å². The van der Waals surface area contributed by atoms with Crippen LogP contribution < -0.4 is 0 Å². The van der Waals surface area contributed by atoms with E-state index in [0.29, 0.717) is 19.3 Å². The van der Waals surface area contributed by atoms with Crippen molar-refractivity contribution >= 4 is 17.9 Å². The minimum atomic E-state index is -0.761. The summed E-state index contributed by atoms with van der Waals surface area (Å²) in [6.07, 6.45) is 52.6. The Balaban J connectivity index is 4.13. The predicted molar refractivity (Wildman–Crippen MR) is 270 cm³/mol. The molecule has 0 bridgehead atoms. The van der Waals surface area contributed by atoms with Gasteiger partial charge in [-0.05, 0) is 31.1 Å². The van der Waals surface area contributed by atoms with E-state index in [1.807, 2.05) is 0 Å². The number of carbonyl (C=O) groups is 3. The molecule has 0 aliphatic heterocycles. The first-order chi connectivity index (χ1) is 30.7. The zero-order valence-corrected chi connectivity index (χ0v) is 43.2. The largest absolute Gasteiger partial charge is 0.462 e. The van der Waals surface area contributed by atoms with E-state index in [-0.39, 0.29) is 31.1 Å². The summed E-state index contributed by atoms with van der Waals surface area (Å²) in [6, 6.07) is 0. The molecule has 374 valence electrons.